The lowest BCUT2D eigenvalue weighted by Gasteiger charge is -2.49. The molecule has 126 valence electrons. The van der Waals surface area contributed by atoms with E-state index in [9.17, 15) is 0 Å². The molecule has 2 heteroatoms. The number of nitrogens with zero attached hydrogens (tertiary/aromatic N) is 1. The third-order valence-electron chi connectivity index (χ3n) is 6.44. The first-order valence-electron chi connectivity index (χ1n) is 9.20. The number of hydrogen-bond donors (Lipinski definition) is 1. The summed E-state index contributed by atoms with van der Waals surface area (Å²) in [6.45, 7) is 1.12. The van der Waals surface area contributed by atoms with Gasteiger partial charge in [-0.25, -0.2) is 0 Å². The van der Waals surface area contributed by atoms with Gasteiger partial charge < -0.3 is 10.2 Å². The molecule has 2 aromatic rings. The van der Waals surface area contributed by atoms with E-state index < -0.39 is 0 Å². The summed E-state index contributed by atoms with van der Waals surface area (Å²) in [5, 5.41) is 3.92. The number of nitrogens with one attached hydrogen (secondary N) is 1. The summed E-state index contributed by atoms with van der Waals surface area (Å²) < 4.78 is 0. The third kappa shape index (κ3) is 2.68. The minimum Gasteiger partial charge on any atom is -0.313 e. The van der Waals surface area contributed by atoms with Gasteiger partial charge in [-0.2, -0.15) is 0 Å². The van der Waals surface area contributed by atoms with Crippen LogP contribution in [0.15, 0.2) is 60.7 Å². The van der Waals surface area contributed by atoms with Crippen molar-refractivity contribution in [1.82, 2.24) is 10.2 Å². The molecule has 0 aromatic heterocycles. The Balaban J connectivity index is 1.79. The summed E-state index contributed by atoms with van der Waals surface area (Å²) in [6.07, 6.45) is 3.75. The molecule has 0 spiro atoms. The van der Waals surface area contributed by atoms with Gasteiger partial charge in [0.15, 0.2) is 0 Å². The molecule has 2 bridgehead atoms. The predicted octanol–water partition coefficient (Wildman–Crippen LogP) is 4.01. The summed E-state index contributed by atoms with van der Waals surface area (Å²) >= 11 is 0. The van der Waals surface area contributed by atoms with Gasteiger partial charge in [0.1, 0.15) is 0 Å². The Bertz CT molecular complexity index is 615. The van der Waals surface area contributed by atoms with E-state index >= 15 is 0 Å². The lowest BCUT2D eigenvalue weighted by atomic mass is 9.64. The van der Waals surface area contributed by atoms with Crippen molar-refractivity contribution in [3.63, 3.8) is 0 Å². The van der Waals surface area contributed by atoms with E-state index in [2.05, 4.69) is 85.0 Å². The summed E-state index contributed by atoms with van der Waals surface area (Å²) in [7, 11) is 4.55. The van der Waals surface area contributed by atoms with Crippen molar-refractivity contribution >= 4 is 0 Å². The maximum atomic E-state index is 3.92. The van der Waals surface area contributed by atoms with E-state index in [0.29, 0.717) is 23.4 Å². The zero-order valence-corrected chi connectivity index (χ0v) is 14.8. The largest absolute Gasteiger partial charge is 0.313 e. The van der Waals surface area contributed by atoms with E-state index in [0.717, 1.165) is 6.54 Å². The molecular formula is C22H28N2. The highest BCUT2D eigenvalue weighted by Gasteiger charge is 2.49. The average Bonchev–Trinajstić information content (AvgIpc) is 2.94. The summed E-state index contributed by atoms with van der Waals surface area (Å²) in [4.78, 5) is 2.50. The Morgan fingerprint density at radius 3 is 1.79 bits per heavy atom. The molecule has 1 aliphatic carbocycles. The number of benzene rings is 2. The van der Waals surface area contributed by atoms with Gasteiger partial charge in [-0.1, -0.05) is 60.7 Å². The first kappa shape index (κ1) is 15.9. The first-order chi connectivity index (χ1) is 11.7. The van der Waals surface area contributed by atoms with E-state index in [-0.39, 0.29) is 0 Å². The molecule has 1 N–H and O–H groups in total. The molecule has 2 aliphatic heterocycles. The molecule has 5 rings (SSSR count). The van der Waals surface area contributed by atoms with Gasteiger partial charge in [0.05, 0.1) is 0 Å². The van der Waals surface area contributed by atoms with Crippen LogP contribution in [0.4, 0.5) is 0 Å². The minimum absolute atomic E-state index is 0.293. The fraction of sp³-hybridized carbons (Fsp3) is 0.455. The molecule has 2 saturated heterocycles. The topological polar surface area (TPSA) is 15.3 Å². The molecule has 2 atom stereocenters. The quantitative estimate of drug-likeness (QED) is 0.919. The van der Waals surface area contributed by atoms with Crippen LogP contribution in [0.1, 0.15) is 42.2 Å². The molecule has 2 aromatic carbocycles. The van der Waals surface area contributed by atoms with Crippen LogP contribution >= 0.6 is 0 Å². The van der Waals surface area contributed by atoms with Gasteiger partial charge in [-0.05, 0) is 51.0 Å². The van der Waals surface area contributed by atoms with Crippen LogP contribution in [0.3, 0.4) is 0 Å². The van der Waals surface area contributed by atoms with Crippen LogP contribution in [-0.2, 0) is 0 Å². The fourth-order valence-corrected chi connectivity index (χ4v) is 5.04. The van der Waals surface area contributed by atoms with Gasteiger partial charge in [-0.3, -0.25) is 0 Å². The van der Waals surface area contributed by atoms with E-state index in [4.69, 9.17) is 0 Å². The number of rotatable bonds is 3. The van der Waals surface area contributed by atoms with Crippen molar-refractivity contribution in [2.75, 3.05) is 20.6 Å². The number of hydrogen-bond acceptors (Lipinski definition) is 2. The van der Waals surface area contributed by atoms with Crippen molar-refractivity contribution < 1.29 is 0 Å². The SMILES string of the molecule is CN(C)C12CCNC(C(c3ccccc3)C1)C(c1ccccc1)C2. The normalized spacial score (nSPS) is 32.7. The van der Waals surface area contributed by atoms with Crippen molar-refractivity contribution in [1.29, 1.82) is 0 Å². The van der Waals surface area contributed by atoms with Crippen LogP contribution in [-0.4, -0.2) is 37.1 Å². The standard InChI is InChI=1S/C22H28N2/c1-24(2)22-13-14-23-21(19(15-22)17-9-5-3-6-10-17)20(16-22)18-11-7-4-8-12-18/h3-12,19-21,23H,13-16H2,1-2H3. The van der Waals surface area contributed by atoms with Gasteiger partial charge in [0.2, 0.25) is 0 Å². The molecule has 2 unspecified atom stereocenters. The second kappa shape index (κ2) is 6.34. The Labute approximate surface area is 145 Å². The lowest BCUT2D eigenvalue weighted by molar-refractivity contribution is 0.0790. The van der Waals surface area contributed by atoms with Crippen LogP contribution < -0.4 is 5.32 Å². The van der Waals surface area contributed by atoms with Crippen LogP contribution in [0, 0.1) is 0 Å². The molecule has 1 saturated carbocycles. The van der Waals surface area contributed by atoms with Gasteiger partial charge in [0.25, 0.3) is 0 Å². The highest BCUT2D eigenvalue weighted by Crippen LogP contribution is 2.50. The molecule has 24 heavy (non-hydrogen) atoms. The second-order valence-corrected chi connectivity index (χ2v) is 7.79. The highest BCUT2D eigenvalue weighted by molar-refractivity contribution is 5.32. The summed E-state index contributed by atoms with van der Waals surface area (Å²) in [5.74, 6) is 1.16. The molecular weight excluding hydrogens is 292 g/mol. The van der Waals surface area contributed by atoms with Crippen LogP contribution in [0.25, 0.3) is 0 Å². The predicted molar refractivity (Wildman–Crippen MR) is 100 cm³/mol. The van der Waals surface area contributed by atoms with Crippen molar-refractivity contribution in [2.45, 2.75) is 42.7 Å². The Hall–Kier alpha value is -1.64. The van der Waals surface area contributed by atoms with Gasteiger partial charge >= 0.3 is 0 Å². The van der Waals surface area contributed by atoms with Gasteiger partial charge in [-0.15, -0.1) is 0 Å². The van der Waals surface area contributed by atoms with Crippen molar-refractivity contribution in [3.05, 3.63) is 71.8 Å². The fourth-order valence-electron chi connectivity index (χ4n) is 5.04. The monoisotopic (exact) mass is 320 g/mol. The van der Waals surface area contributed by atoms with Crippen LogP contribution in [0.2, 0.25) is 0 Å². The minimum atomic E-state index is 0.293. The lowest BCUT2D eigenvalue weighted by Crippen LogP contribution is -2.52. The maximum Gasteiger partial charge on any atom is 0.0228 e. The molecule has 3 fully saturated rings. The van der Waals surface area contributed by atoms with Crippen molar-refractivity contribution in [3.8, 4) is 0 Å². The van der Waals surface area contributed by atoms with Crippen LogP contribution in [0.5, 0.6) is 0 Å². The maximum absolute atomic E-state index is 3.92. The zero-order valence-electron chi connectivity index (χ0n) is 14.8. The first-order valence-corrected chi connectivity index (χ1v) is 9.20. The Morgan fingerprint density at radius 1 is 0.833 bits per heavy atom. The smallest absolute Gasteiger partial charge is 0.0228 e. The molecule has 3 aliphatic rings. The number of fused-ring (bicyclic) bond motifs is 4. The van der Waals surface area contributed by atoms with Crippen molar-refractivity contribution in [2.24, 2.45) is 0 Å². The molecule has 0 radical (unpaired) electrons. The summed E-state index contributed by atoms with van der Waals surface area (Å²) in [5.41, 5.74) is 3.27. The van der Waals surface area contributed by atoms with E-state index in [1.165, 1.54) is 30.4 Å². The Kier molecular flexibility index (Phi) is 4.19. The van der Waals surface area contributed by atoms with E-state index in [1.807, 2.05) is 0 Å². The van der Waals surface area contributed by atoms with E-state index in [1.54, 1.807) is 0 Å². The Morgan fingerprint density at radius 2 is 1.33 bits per heavy atom. The zero-order chi connectivity index (χ0) is 16.6. The summed E-state index contributed by atoms with van der Waals surface area (Å²) in [6, 6.07) is 22.8. The molecule has 2 heterocycles. The molecule has 2 nitrogen and oxygen atoms in total. The third-order valence-corrected chi connectivity index (χ3v) is 6.44. The van der Waals surface area contributed by atoms with Gasteiger partial charge in [0, 0.05) is 23.4 Å². The molecule has 0 amide bonds. The highest BCUT2D eigenvalue weighted by atomic mass is 15.2. The second-order valence-electron chi connectivity index (χ2n) is 7.79. The average molecular weight is 320 g/mol.